The molecule has 5 nitrogen and oxygen atoms in total. The molecule has 0 aliphatic carbocycles. The molecule has 0 fully saturated rings. The van der Waals surface area contributed by atoms with E-state index in [0.29, 0.717) is 19.4 Å². The number of hydrogen-bond donors (Lipinski definition) is 1. The molecule has 0 aliphatic heterocycles. The Bertz CT molecular complexity index is 349. The van der Waals surface area contributed by atoms with Crippen LogP contribution in [0.4, 0.5) is 0 Å². The second kappa shape index (κ2) is 7.06. The van der Waals surface area contributed by atoms with Crippen LogP contribution in [-0.2, 0) is 22.5 Å². The van der Waals surface area contributed by atoms with Crippen molar-refractivity contribution in [3.63, 3.8) is 0 Å². The minimum atomic E-state index is -0.174. The van der Waals surface area contributed by atoms with Gasteiger partial charge in [0.05, 0.1) is 6.61 Å². The predicted octanol–water partition coefficient (Wildman–Crippen LogP) is 1.12. The Hall–Kier alpha value is -1.36. The van der Waals surface area contributed by atoms with Crippen LogP contribution in [0.5, 0.6) is 0 Å². The lowest BCUT2D eigenvalue weighted by molar-refractivity contribution is -0.143. The normalized spacial score (nSPS) is 12.4. The van der Waals surface area contributed by atoms with Crippen LogP contribution >= 0.6 is 0 Å². The van der Waals surface area contributed by atoms with Crippen molar-refractivity contribution in [2.75, 3.05) is 6.61 Å². The molecule has 0 bridgehead atoms. The van der Waals surface area contributed by atoms with Gasteiger partial charge < -0.3 is 10.5 Å². The summed E-state index contributed by atoms with van der Waals surface area (Å²) in [5, 5.41) is 4.18. The monoisotopic (exact) mass is 239 g/mol. The summed E-state index contributed by atoms with van der Waals surface area (Å²) in [7, 11) is 0. The van der Waals surface area contributed by atoms with Crippen LogP contribution in [-0.4, -0.2) is 28.4 Å². The van der Waals surface area contributed by atoms with Gasteiger partial charge in [-0.1, -0.05) is 0 Å². The zero-order valence-electron chi connectivity index (χ0n) is 10.6. The molecule has 2 N–H and O–H groups in total. The van der Waals surface area contributed by atoms with Crippen molar-refractivity contribution in [3.8, 4) is 0 Å². The molecule has 0 amide bonds. The molecule has 0 saturated carbocycles. The van der Waals surface area contributed by atoms with E-state index < -0.39 is 0 Å². The molecule has 0 aliphatic rings. The molecule has 5 heteroatoms. The average Bonchev–Trinajstić information content (AvgIpc) is 2.74. The number of nitrogens with two attached hydrogens (primary N) is 1. The van der Waals surface area contributed by atoms with Crippen molar-refractivity contribution in [1.82, 2.24) is 9.78 Å². The number of carbonyl (C=O) groups excluding carboxylic acids is 1. The van der Waals surface area contributed by atoms with Crippen LogP contribution in [0.2, 0.25) is 0 Å². The number of aryl methyl sites for hydroxylation is 1. The van der Waals surface area contributed by atoms with E-state index in [4.69, 9.17) is 10.5 Å². The molecule has 0 radical (unpaired) electrons. The van der Waals surface area contributed by atoms with Gasteiger partial charge in [-0.25, -0.2) is 0 Å². The molecule has 1 unspecified atom stereocenters. The number of hydrogen-bond acceptors (Lipinski definition) is 4. The summed E-state index contributed by atoms with van der Waals surface area (Å²) < 4.78 is 6.78. The van der Waals surface area contributed by atoms with Crippen molar-refractivity contribution in [3.05, 3.63) is 18.0 Å². The van der Waals surface area contributed by atoms with Crippen LogP contribution in [0.15, 0.2) is 12.3 Å². The van der Waals surface area contributed by atoms with E-state index in [9.17, 15) is 4.79 Å². The molecule has 1 aromatic rings. The van der Waals surface area contributed by atoms with Gasteiger partial charge in [0.15, 0.2) is 0 Å². The lowest BCUT2D eigenvalue weighted by Crippen LogP contribution is -2.25. The highest BCUT2D eigenvalue weighted by molar-refractivity contribution is 5.69. The first-order chi connectivity index (χ1) is 8.17. The minimum Gasteiger partial charge on any atom is -0.466 e. The first-order valence-corrected chi connectivity index (χ1v) is 6.09. The second-order valence-corrected chi connectivity index (χ2v) is 3.95. The Morgan fingerprint density at radius 1 is 1.59 bits per heavy atom. The highest BCUT2D eigenvalue weighted by Gasteiger charge is 2.10. The third-order valence-corrected chi connectivity index (χ3v) is 2.60. The number of esters is 1. The van der Waals surface area contributed by atoms with E-state index in [1.54, 1.807) is 13.1 Å². The Kier molecular flexibility index (Phi) is 5.69. The standard InChI is InChI=1S/C12H21N3O2/c1-3-15-11(7-8-14-15)9-10(13)5-6-12(16)17-4-2/h7-8,10H,3-6,9,13H2,1-2H3. The van der Waals surface area contributed by atoms with Gasteiger partial charge in [-0.15, -0.1) is 0 Å². The molecule has 1 heterocycles. The van der Waals surface area contributed by atoms with Crippen LogP contribution in [0.1, 0.15) is 32.4 Å². The maximum atomic E-state index is 11.2. The Balaban J connectivity index is 2.34. The molecule has 17 heavy (non-hydrogen) atoms. The van der Waals surface area contributed by atoms with Crippen LogP contribution in [0.3, 0.4) is 0 Å². The third-order valence-electron chi connectivity index (χ3n) is 2.60. The van der Waals surface area contributed by atoms with Crippen molar-refractivity contribution >= 4 is 5.97 Å². The first-order valence-electron chi connectivity index (χ1n) is 6.09. The fraction of sp³-hybridized carbons (Fsp3) is 0.667. The predicted molar refractivity (Wildman–Crippen MR) is 65.4 cm³/mol. The quantitative estimate of drug-likeness (QED) is 0.724. The van der Waals surface area contributed by atoms with Gasteiger partial charge in [-0.05, 0) is 26.3 Å². The maximum Gasteiger partial charge on any atom is 0.305 e. The number of rotatable bonds is 7. The lowest BCUT2D eigenvalue weighted by Gasteiger charge is -2.12. The molecule has 1 atom stereocenters. The fourth-order valence-corrected chi connectivity index (χ4v) is 1.73. The third kappa shape index (κ3) is 4.56. The van der Waals surface area contributed by atoms with Crippen LogP contribution < -0.4 is 5.73 Å². The molecule has 0 aromatic carbocycles. The zero-order valence-corrected chi connectivity index (χ0v) is 10.6. The smallest absolute Gasteiger partial charge is 0.305 e. The minimum absolute atomic E-state index is 0.0265. The molecule has 1 rings (SSSR count). The summed E-state index contributed by atoms with van der Waals surface area (Å²) in [5.41, 5.74) is 7.10. The lowest BCUT2D eigenvalue weighted by atomic mass is 10.1. The van der Waals surface area contributed by atoms with Crippen molar-refractivity contribution in [2.45, 2.75) is 45.7 Å². The molecule has 96 valence electrons. The van der Waals surface area contributed by atoms with E-state index in [1.807, 2.05) is 17.7 Å². The topological polar surface area (TPSA) is 70.1 Å². The van der Waals surface area contributed by atoms with Gasteiger partial charge >= 0.3 is 5.97 Å². The number of ether oxygens (including phenoxy) is 1. The largest absolute Gasteiger partial charge is 0.466 e. The maximum absolute atomic E-state index is 11.2. The Labute approximate surface area is 102 Å². The summed E-state index contributed by atoms with van der Waals surface area (Å²) in [6.45, 7) is 5.11. The van der Waals surface area contributed by atoms with E-state index in [2.05, 4.69) is 5.10 Å². The summed E-state index contributed by atoms with van der Waals surface area (Å²) in [4.78, 5) is 11.2. The van der Waals surface area contributed by atoms with Gasteiger partial charge in [0.2, 0.25) is 0 Å². The zero-order chi connectivity index (χ0) is 12.7. The Morgan fingerprint density at radius 2 is 2.35 bits per heavy atom. The van der Waals surface area contributed by atoms with Crippen molar-refractivity contribution < 1.29 is 9.53 Å². The van der Waals surface area contributed by atoms with Crippen molar-refractivity contribution in [1.29, 1.82) is 0 Å². The first kappa shape index (κ1) is 13.7. The van der Waals surface area contributed by atoms with E-state index >= 15 is 0 Å². The number of carbonyl (C=O) groups is 1. The molecule has 0 spiro atoms. The molecule has 0 saturated heterocycles. The summed E-state index contributed by atoms with van der Waals surface area (Å²) in [6, 6.07) is 1.94. The van der Waals surface area contributed by atoms with Gasteiger partial charge in [0.1, 0.15) is 0 Å². The number of aromatic nitrogens is 2. The Morgan fingerprint density at radius 3 is 3.00 bits per heavy atom. The second-order valence-electron chi connectivity index (χ2n) is 3.95. The van der Waals surface area contributed by atoms with Gasteiger partial charge in [0, 0.05) is 37.3 Å². The summed E-state index contributed by atoms with van der Waals surface area (Å²) >= 11 is 0. The van der Waals surface area contributed by atoms with E-state index in [0.717, 1.165) is 18.7 Å². The highest BCUT2D eigenvalue weighted by Crippen LogP contribution is 2.06. The SMILES string of the molecule is CCOC(=O)CCC(N)Cc1ccnn1CC. The van der Waals surface area contributed by atoms with Gasteiger partial charge in [-0.2, -0.15) is 5.10 Å². The molecular formula is C12H21N3O2. The summed E-state index contributed by atoms with van der Waals surface area (Å²) in [6.07, 6.45) is 3.55. The molecule has 1 aromatic heterocycles. The van der Waals surface area contributed by atoms with Crippen LogP contribution in [0.25, 0.3) is 0 Å². The number of nitrogens with zero attached hydrogens (tertiary/aromatic N) is 2. The summed E-state index contributed by atoms with van der Waals surface area (Å²) in [5.74, 6) is -0.174. The fourth-order valence-electron chi connectivity index (χ4n) is 1.73. The van der Waals surface area contributed by atoms with E-state index in [1.165, 1.54) is 0 Å². The van der Waals surface area contributed by atoms with Crippen LogP contribution in [0, 0.1) is 0 Å². The van der Waals surface area contributed by atoms with Gasteiger partial charge in [-0.3, -0.25) is 9.48 Å². The average molecular weight is 239 g/mol. The molecular weight excluding hydrogens is 218 g/mol. The van der Waals surface area contributed by atoms with Crippen molar-refractivity contribution in [2.24, 2.45) is 5.73 Å². The highest BCUT2D eigenvalue weighted by atomic mass is 16.5. The van der Waals surface area contributed by atoms with Gasteiger partial charge in [0.25, 0.3) is 0 Å². The van der Waals surface area contributed by atoms with E-state index in [-0.39, 0.29) is 12.0 Å².